The summed E-state index contributed by atoms with van der Waals surface area (Å²) >= 11 is 2.26. The van der Waals surface area contributed by atoms with E-state index in [1.165, 1.54) is 5.57 Å². The van der Waals surface area contributed by atoms with Crippen molar-refractivity contribution in [1.29, 1.82) is 0 Å². The van der Waals surface area contributed by atoms with Gasteiger partial charge in [0.05, 0.1) is 5.92 Å². The number of Topliss-reactive ketones (excluding diaryl/α,β-unsaturated/α-hetero) is 1. The highest BCUT2D eigenvalue weighted by molar-refractivity contribution is 14.1. The van der Waals surface area contributed by atoms with Crippen LogP contribution in [0.15, 0.2) is 59.2 Å². The number of alkyl halides is 1. The molecule has 2 atom stereocenters. The fourth-order valence-electron chi connectivity index (χ4n) is 2.66. The zero-order valence-corrected chi connectivity index (χ0v) is 14.0. The summed E-state index contributed by atoms with van der Waals surface area (Å²) in [4.78, 5) is 13.0. The normalized spacial score (nSPS) is 27.8. The van der Waals surface area contributed by atoms with Crippen LogP contribution < -0.4 is 5.43 Å². The summed E-state index contributed by atoms with van der Waals surface area (Å²) in [6, 6.07) is 10.1. The number of benzene rings is 1. The number of rotatable bonds is 3. The Hall–Kier alpha value is -1.43. The quantitative estimate of drug-likeness (QED) is 0.633. The Morgan fingerprint density at radius 2 is 2.14 bits per heavy atom. The highest BCUT2D eigenvalue weighted by atomic mass is 127. The number of nitrogens with zero attached hydrogens (tertiary/aromatic N) is 1. The van der Waals surface area contributed by atoms with E-state index in [-0.39, 0.29) is 11.7 Å². The lowest BCUT2D eigenvalue weighted by Crippen LogP contribution is -2.38. The summed E-state index contributed by atoms with van der Waals surface area (Å²) in [6.07, 6.45) is 6.88. The molecule has 0 bridgehead atoms. The van der Waals surface area contributed by atoms with E-state index in [1.807, 2.05) is 30.4 Å². The van der Waals surface area contributed by atoms with Gasteiger partial charge < -0.3 is 5.43 Å². The van der Waals surface area contributed by atoms with Crippen LogP contribution in [0, 0.1) is 0 Å². The Balaban J connectivity index is 1.86. The van der Waals surface area contributed by atoms with Crippen molar-refractivity contribution in [1.82, 2.24) is 5.43 Å². The third-order valence-corrected chi connectivity index (χ3v) is 5.26. The van der Waals surface area contributed by atoms with Gasteiger partial charge in [-0.2, -0.15) is 5.10 Å². The van der Waals surface area contributed by atoms with Gasteiger partial charge in [0.25, 0.3) is 0 Å². The number of hydrogen-bond donors (Lipinski definition) is 1. The summed E-state index contributed by atoms with van der Waals surface area (Å²) in [5, 5.41) is 4.29. The Morgan fingerprint density at radius 3 is 2.81 bits per heavy atom. The molecule has 0 spiro atoms. The summed E-state index contributed by atoms with van der Waals surface area (Å²) in [7, 11) is 0. The number of hydrazone groups is 1. The van der Waals surface area contributed by atoms with Crippen molar-refractivity contribution in [2.75, 3.05) is 6.54 Å². The van der Waals surface area contributed by atoms with E-state index in [0.29, 0.717) is 12.3 Å². The van der Waals surface area contributed by atoms with Gasteiger partial charge in [0, 0.05) is 6.54 Å². The number of allylic oxidation sites excluding steroid dienone is 4. The largest absolute Gasteiger partial charge is 0.309 e. The van der Waals surface area contributed by atoms with Crippen molar-refractivity contribution in [3.63, 3.8) is 0 Å². The van der Waals surface area contributed by atoms with Gasteiger partial charge in [-0.05, 0) is 18.9 Å². The molecule has 3 rings (SSSR count). The summed E-state index contributed by atoms with van der Waals surface area (Å²) in [5.41, 5.74) is 5.99. The first-order valence-electron chi connectivity index (χ1n) is 7.05. The van der Waals surface area contributed by atoms with Crippen LogP contribution in [0.2, 0.25) is 0 Å². The van der Waals surface area contributed by atoms with Crippen LogP contribution in [0.5, 0.6) is 0 Å². The lowest BCUT2D eigenvalue weighted by molar-refractivity contribution is -0.113. The predicted molar refractivity (Wildman–Crippen MR) is 93.9 cm³/mol. The highest BCUT2D eigenvalue weighted by Gasteiger charge is 2.40. The van der Waals surface area contributed by atoms with Crippen LogP contribution in [-0.2, 0) is 4.79 Å². The van der Waals surface area contributed by atoms with Crippen molar-refractivity contribution >= 4 is 34.1 Å². The summed E-state index contributed by atoms with van der Waals surface area (Å²) in [5.74, 6) is 0.160. The van der Waals surface area contributed by atoms with E-state index in [4.69, 9.17) is 0 Å². The van der Waals surface area contributed by atoms with Crippen molar-refractivity contribution in [2.24, 2.45) is 5.10 Å². The zero-order chi connectivity index (χ0) is 14.9. The standard InChI is InChI=1S/C17H17IN2O/c1-12-7-9-17(18,10-8-12)16(21)15-14(11-19-20-15)13-5-3-2-4-6-13/h2-9,14,19H,10-11H2,1H3. The maximum atomic E-state index is 13.0. The monoisotopic (exact) mass is 392 g/mol. The number of halogens is 1. The van der Waals surface area contributed by atoms with E-state index >= 15 is 0 Å². The molecule has 0 saturated carbocycles. The van der Waals surface area contributed by atoms with E-state index in [9.17, 15) is 4.79 Å². The topological polar surface area (TPSA) is 41.5 Å². The molecule has 2 aliphatic rings. The average Bonchev–Trinajstić information content (AvgIpc) is 3.00. The van der Waals surface area contributed by atoms with E-state index in [1.54, 1.807) is 0 Å². The van der Waals surface area contributed by atoms with Crippen molar-refractivity contribution in [2.45, 2.75) is 22.7 Å². The van der Waals surface area contributed by atoms with Gasteiger partial charge in [-0.15, -0.1) is 0 Å². The third-order valence-electron chi connectivity index (χ3n) is 3.97. The van der Waals surface area contributed by atoms with Crippen LogP contribution in [0.4, 0.5) is 0 Å². The molecule has 0 fully saturated rings. The number of ketones is 1. The first-order chi connectivity index (χ1) is 10.1. The molecule has 1 heterocycles. The number of carbonyl (C=O) groups is 1. The van der Waals surface area contributed by atoms with E-state index in [0.717, 1.165) is 12.0 Å². The van der Waals surface area contributed by atoms with Gasteiger partial charge in [-0.3, -0.25) is 4.79 Å². The molecular formula is C17H17IN2O. The molecule has 0 aromatic heterocycles. The number of hydrogen-bond acceptors (Lipinski definition) is 3. The molecule has 1 aliphatic heterocycles. The first-order valence-corrected chi connectivity index (χ1v) is 8.13. The second-order valence-electron chi connectivity index (χ2n) is 5.50. The lowest BCUT2D eigenvalue weighted by Gasteiger charge is -2.25. The second-order valence-corrected chi connectivity index (χ2v) is 7.42. The van der Waals surface area contributed by atoms with Gasteiger partial charge in [0.1, 0.15) is 9.13 Å². The van der Waals surface area contributed by atoms with Crippen LogP contribution >= 0.6 is 22.6 Å². The molecule has 1 aromatic rings. The average molecular weight is 392 g/mol. The molecular weight excluding hydrogens is 375 g/mol. The van der Waals surface area contributed by atoms with Crippen LogP contribution in [0.3, 0.4) is 0 Å². The number of nitrogens with one attached hydrogen (secondary N) is 1. The molecule has 0 radical (unpaired) electrons. The van der Waals surface area contributed by atoms with Crippen LogP contribution in [0.25, 0.3) is 0 Å². The van der Waals surface area contributed by atoms with E-state index in [2.05, 4.69) is 58.3 Å². The maximum Gasteiger partial charge on any atom is 0.199 e. The number of carbonyl (C=O) groups excluding carboxylic acids is 1. The third kappa shape index (κ3) is 2.81. The molecule has 1 N–H and O–H groups in total. The minimum atomic E-state index is -0.505. The molecule has 1 aromatic carbocycles. The van der Waals surface area contributed by atoms with E-state index < -0.39 is 3.42 Å². The van der Waals surface area contributed by atoms with Gasteiger partial charge in [0.2, 0.25) is 0 Å². The predicted octanol–water partition coefficient (Wildman–Crippen LogP) is 3.38. The first kappa shape index (κ1) is 14.5. The summed E-state index contributed by atoms with van der Waals surface area (Å²) in [6.45, 7) is 2.75. The molecule has 4 heteroatoms. The van der Waals surface area contributed by atoms with Crippen molar-refractivity contribution in [3.05, 3.63) is 59.7 Å². The Bertz CT molecular complexity index is 648. The molecule has 108 valence electrons. The molecule has 0 amide bonds. The van der Waals surface area contributed by atoms with Crippen molar-refractivity contribution in [3.8, 4) is 0 Å². The molecule has 1 aliphatic carbocycles. The minimum Gasteiger partial charge on any atom is -0.309 e. The second kappa shape index (κ2) is 5.75. The van der Waals surface area contributed by atoms with Crippen LogP contribution in [-0.4, -0.2) is 21.5 Å². The lowest BCUT2D eigenvalue weighted by atomic mass is 9.85. The van der Waals surface area contributed by atoms with Gasteiger partial charge >= 0.3 is 0 Å². The molecule has 3 nitrogen and oxygen atoms in total. The Morgan fingerprint density at radius 1 is 1.38 bits per heavy atom. The molecule has 0 saturated heterocycles. The minimum absolute atomic E-state index is 0.0470. The highest BCUT2D eigenvalue weighted by Crippen LogP contribution is 2.34. The van der Waals surface area contributed by atoms with Crippen LogP contribution in [0.1, 0.15) is 24.8 Å². The van der Waals surface area contributed by atoms with Gasteiger partial charge in [-0.1, -0.05) is 76.7 Å². The maximum absolute atomic E-state index is 13.0. The van der Waals surface area contributed by atoms with Gasteiger partial charge in [-0.25, -0.2) is 0 Å². The van der Waals surface area contributed by atoms with Crippen molar-refractivity contribution < 1.29 is 4.79 Å². The Kier molecular flexibility index (Phi) is 3.97. The van der Waals surface area contributed by atoms with Gasteiger partial charge in [0.15, 0.2) is 5.78 Å². The summed E-state index contributed by atoms with van der Waals surface area (Å²) < 4.78 is -0.505. The molecule has 21 heavy (non-hydrogen) atoms. The fourth-order valence-corrected chi connectivity index (χ4v) is 3.33. The smallest absolute Gasteiger partial charge is 0.199 e. The molecule has 2 unspecified atom stereocenters. The fraction of sp³-hybridized carbons (Fsp3) is 0.294. The SMILES string of the molecule is CC1=CCC(I)(C(=O)C2=NNCC2c2ccccc2)C=C1. The Labute approximate surface area is 138 Å². The zero-order valence-electron chi connectivity index (χ0n) is 11.8.